The van der Waals surface area contributed by atoms with Crippen LogP contribution in [-0.4, -0.2) is 44.1 Å². The van der Waals surface area contributed by atoms with Gasteiger partial charge in [0.25, 0.3) is 0 Å². The third-order valence-corrected chi connectivity index (χ3v) is 6.15. The second kappa shape index (κ2) is 7.00. The van der Waals surface area contributed by atoms with Gasteiger partial charge < -0.3 is 5.11 Å². The van der Waals surface area contributed by atoms with Crippen molar-refractivity contribution >= 4 is 21.4 Å². The van der Waals surface area contributed by atoms with Gasteiger partial charge in [0.15, 0.2) is 0 Å². The summed E-state index contributed by atoms with van der Waals surface area (Å²) in [6.45, 7) is 4.46. The molecule has 0 spiro atoms. The van der Waals surface area contributed by atoms with E-state index in [1.807, 2.05) is 0 Å². The van der Waals surface area contributed by atoms with E-state index in [4.69, 9.17) is 5.11 Å². The highest BCUT2D eigenvalue weighted by molar-refractivity contribution is 7.89. The van der Waals surface area contributed by atoms with Gasteiger partial charge in [-0.15, -0.1) is 11.3 Å². The van der Waals surface area contributed by atoms with Crippen LogP contribution >= 0.6 is 11.3 Å². The van der Waals surface area contributed by atoms with Gasteiger partial charge in [-0.2, -0.15) is 0 Å². The summed E-state index contributed by atoms with van der Waals surface area (Å²) in [5.41, 5.74) is 0. The molecule has 1 aliphatic rings. The van der Waals surface area contributed by atoms with Crippen molar-refractivity contribution in [3.05, 3.63) is 16.3 Å². The Hall–Kier alpha value is -0.470. The first-order valence-corrected chi connectivity index (χ1v) is 9.31. The Labute approximate surface area is 124 Å². The van der Waals surface area contributed by atoms with E-state index >= 15 is 0 Å². The van der Waals surface area contributed by atoms with Crippen LogP contribution in [0.15, 0.2) is 16.3 Å². The summed E-state index contributed by atoms with van der Waals surface area (Å²) in [5.74, 6) is 0. The molecule has 1 aliphatic heterocycles. The van der Waals surface area contributed by atoms with Crippen LogP contribution in [0.1, 0.15) is 31.1 Å². The van der Waals surface area contributed by atoms with Crippen LogP contribution in [0.3, 0.4) is 0 Å². The zero-order valence-electron chi connectivity index (χ0n) is 11.7. The molecule has 2 N–H and O–H groups in total. The Morgan fingerprint density at radius 1 is 1.40 bits per heavy atom. The van der Waals surface area contributed by atoms with E-state index in [-0.39, 0.29) is 17.5 Å². The van der Waals surface area contributed by atoms with Crippen LogP contribution in [0.5, 0.6) is 0 Å². The fourth-order valence-corrected chi connectivity index (χ4v) is 4.64. The van der Waals surface area contributed by atoms with Crippen LogP contribution in [-0.2, 0) is 16.6 Å². The molecule has 2 heterocycles. The highest BCUT2D eigenvalue weighted by atomic mass is 32.2. The number of nitrogens with zero attached hydrogens (tertiary/aromatic N) is 1. The second-order valence-electron chi connectivity index (χ2n) is 5.20. The summed E-state index contributed by atoms with van der Waals surface area (Å²) in [6.07, 6.45) is 3.66. The average Bonchev–Trinajstić information content (AvgIpc) is 2.95. The molecule has 0 radical (unpaired) electrons. The number of rotatable bonds is 6. The SMILES string of the molecule is CC(CNS(=O)(=O)c1csc(CO)c1)N1CCCCC1. The average molecular weight is 318 g/mol. The number of hydrogen-bond donors (Lipinski definition) is 2. The third kappa shape index (κ3) is 4.02. The molecule has 0 amide bonds. The first-order valence-electron chi connectivity index (χ1n) is 6.95. The van der Waals surface area contributed by atoms with Crippen molar-refractivity contribution in [2.45, 2.75) is 43.7 Å². The molecule has 1 atom stereocenters. The molecule has 7 heteroatoms. The minimum atomic E-state index is -3.46. The molecule has 1 aromatic heterocycles. The zero-order chi connectivity index (χ0) is 14.6. The van der Waals surface area contributed by atoms with E-state index < -0.39 is 10.0 Å². The predicted molar refractivity (Wildman–Crippen MR) is 80.3 cm³/mol. The maximum atomic E-state index is 12.1. The maximum absolute atomic E-state index is 12.1. The van der Waals surface area contributed by atoms with Crippen LogP contribution < -0.4 is 4.72 Å². The van der Waals surface area contributed by atoms with E-state index in [1.165, 1.54) is 36.7 Å². The Bertz CT molecular complexity index is 521. The van der Waals surface area contributed by atoms with Gasteiger partial charge in [-0.1, -0.05) is 6.42 Å². The summed E-state index contributed by atoms with van der Waals surface area (Å²) in [7, 11) is -3.46. The van der Waals surface area contributed by atoms with Gasteiger partial charge in [-0.3, -0.25) is 4.90 Å². The highest BCUT2D eigenvalue weighted by Gasteiger charge is 2.20. The van der Waals surface area contributed by atoms with E-state index in [2.05, 4.69) is 16.5 Å². The molecule has 1 saturated heterocycles. The Morgan fingerprint density at radius 2 is 2.10 bits per heavy atom. The Morgan fingerprint density at radius 3 is 2.70 bits per heavy atom. The van der Waals surface area contributed by atoms with E-state index in [1.54, 1.807) is 5.38 Å². The molecule has 1 aromatic rings. The standard InChI is InChI=1S/C13H22N2O3S2/c1-11(15-5-3-2-4-6-15)8-14-20(17,18)13-7-12(9-16)19-10-13/h7,10-11,14,16H,2-6,8-9H2,1H3. The molecule has 1 unspecified atom stereocenters. The molecule has 1 fully saturated rings. The number of piperidine rings is 1. The lowest BCUT2D eigenvalue weighted by atomic mass is 10.1. The fraction of sp³-hybridized carbons (Fsp3) is 0.692. The van der Waals surface area contributed by atoms with Crippen LogP contribution in [0.2, 0.25) is 0 Å². The minimum Gasteiger partial charge on any atom is -0.391 e. The van der Waals surface area contributed by atoms with Crippen LogP contribution in [0, 0.1) is 0 Å². The lowest BCUT2D eigenvalue weighted by molar-refractivity contribution is 0.175. The molecule has 0 bridgehead atoms. The normalized spacial score (nSPS) is 19.1. The topological polar surface area (TPSA) is 69.6 Å². The second-order valence-corrected chi connectivity index (χ2v) is 7.97. The molecule has 2 rings (SSSR count). The summed E-state index contributed by atoms with van der Waals surface area (Å²) in [6, 6.07) is 1.74. The van der Waals surface area contributed by atoms with Crippen molar-refractivity contribution in [1.29, 1.82) is 0 Å². The Kier molecular flexibility index (Phi) is 5.57. The predicted octanol–water partition coefficient (Wildman–Crippen LogP) is 1.39. The van der Waals surface area contributed by atoms with Crippen LogP contribution in [0.4, 0.5) is 0 Å². The lowest BCUT2D eigenvalue weighted by Gasteiger charge is -2.32. The van der Waals surface area contributed by atoms with E-state index in [0.717, 1.165) is 13.1 Å². The lowest BCUT2D eigenvalue weighted by Crippen LogP contribution is -2.44. The molecular weight excluding hydrogens is 296 g/mol. The van der Waals surface area contributed by atoms with Crippen molar-refractivity contribution < 1.29 is 13.5 Å². The quantitative estimate of drug-likeness (QED) is 0.832. The number of thiophene rings is 1. The van der Waals surface area contributed by atoms with Crippen molar-refractivity contribution in [3.8, 4) is 0 Å². The number of aliphatic hydroxyl groups is 1. The largest absolute Gasteiger partial charge is 0.391 e. The number of nitrogens with one attached hydrogen (secondary N) is 1. The zero-order valence-corrected chi connectivity index (χ0v) is 13.3. The fourth-order valence-electron chi connectivity index (χ4n) is 2.39. The number of hydrogen-bond acceptors (Lipinski definition) is 5. The summed E-state index contributed by atoms with van der Waals surface area (Å²) < 4.78 is 27.0. The van der Waals surface area contributed by atoms with Crippen molar-refractivity contribution in [2.75, 3.05) is 19.6 Å². The summed E-state index contributed by atoms with van der Waals surface area (Å²) in [5, 5.41) is 10.6. The maximum Gasteiger partial charge on any atom is 0.241 e. The van der Waals surface area contributed by atoms with Gasteiger partial charge in [0, 0.05) is 22.8 Å². The Balaban J connectivity index is 1.91. The number of sulfonamides is 1. The van der Waals surface area contributed by atoms with Gasteiger partial charge in [0.1, 0.15) is 0 Å². The van der Waals surface area contributed by atoms with Crippen molar-refractivity contribution in [2.24, 2.45) is 0 Å². The van der Waals surface area contributed by atoms with Crippen LogP contribution in [0.25, 0.3) is 0 Å². The smallest absolute Gasteiger partial charge is 0.241 e. The molecule has 0 aliphatic carbocycles. The molecule has 114 valence electrons. The summed E-state index contributed by atoms with van der Waals surface area (Å²) in [4.78, 5) is 3.24. The third-order valence-electron chi connectivity index (χ3n) is 3.68. The molecule has 5 nitrogen and oxygen atoms in total. The molecule has 20 heavy (non-hydrogen) atoms. The number of likely N-dealkylation sites (tertiary alicyclic amines) is 1. The van der Waals surface area contributed by atoms with E-state index in [0.29, 0.717) is 11.4 Å². The van der Waals surface area contributed by atoms with Gasteiger partial charge in [0.2, 0.25) is 10.0 Å². The molecule has 0 aromatic carbocycles. The van der Waals surface area contributed by atoms with Gasteiger partial charge in [-0.05, 0) is 38.9 Å². The summed E-state index contributed by atoms with van der Waals surface area (Å²) >= 11 is 1.26. The first kappa shape index (κ1) is 15.9. The minimum absolute atomic E-state index is 0.121. The number of aliphatic hydroxyl groups excluding tert-OH is 1. The van der Waals surface area contributed by atoms with Crippen molar-refractivity contribution in [3.63, 3.8) is 0 Å². The molecular formula is C13H22N2O3S2. The monoisotopic (exact) mass is 318 g/mol. The van der Waals surface area contributed by atoms with Gasteiger partial charge >= 0.3 is 0 Å². The van der Waals surface area contributed by atoms with Crippen molar-refractivity contribution in [1.82, 2.24) is 9.62 Å². The first-order chi connectivity index (χ1) is 9.53. The highest BCUT2D eigenvalue weighted by Crippen LogP contribution is 2.19. The van der Waals surface area contributed by atoms with E-state index in [9.17, 15) is 8.42 Å². The van der Waals surface area contributed by atoms with Gasteiger partial charge in [-0.25, -0.2) is 13.1 Å². The molecule has 0 saturated carbocycles. The van der Waals surface area contributed by atoms with Gasteiger partial charge in [0.05, 0.1) is 11.5 Å².